The molecule has 0 bridgehead atoms. The summed E-state index contributed by atoms with van der Waals surface area (Å²) in [6, 6.07) is 0.740. The maximum atomic E-state index is 12.5. The van der Waals surface area contributed by atoms with Gasteiger partial charge in [-0.2, -0.15) is 0 Å². The van der Waals surface area contributed by atoms with Gasteiger partial charge in [-0.25, -0.2) is 0 Å². The van der Waals surface area contributed by atoms with Crippen molar-refractivity contribution >= 4 is 5.91 Å². The van der Waals surface area contributed by atoms with Crippen LogP contribution >= 0.6 is 0 Å². The first-order valence-electron chi connectivity index (χ1n) is 8.37. The highest BCUT2D eigenvalue weighted by Gasteiger charge is 2.39. The van der Waals surface area contributed by atoms with Gasteiger partial charge in [-0.05, 0) is 39.3 Å². The van der Waals surface area contributed by atoms with Crippen molar-refractivity contribution in [1.29, 1.82) is 0 Å². The van der Waals surface area contributed by atoms with Gasteiger partial charge in [0.1, 0.15) is 0 Å². The van der Waals surface area contributed by atoms with Gasteiger partial charge in [0, 0.05) is 25.7 Å². The monoisotopic (exact) mass is 281 g/mol. The minimum absolute atomic E-state index is 0.138. The second kappa shape index (κ2) is 7.41. The highest BCUT2D eigenvalue weighted by molar-refractivity contribution is 5.83. The average Bonchev–Trinajstić information content (AvgIpc) is 3.10. The minimum atomic E-state index is -0.138. The maximum Gasteiger partial charge on any atom is 0.227 e. The van der Waals surface area contributed by atoms with Crippen LogP contribution in [0.4, 0.5) is 0 Å². The fraction of sp³-hybridized carbons (Fsp3) is 0.938. The summed E-state index contributed by atoms with van der Waals surface area (Å²) in [5.41, 5.74) is -0.138. The zero-order valence-corrected chi connectivity index (χ0v) is 13.2. The molecule has 0 spiro atoms. The Morgan fingerprint density at radius 2 is 2.15 bits per heavy atom. The predicted octanol–water partition coefficient (Wildman–Crippen LogP) is 1.76. The first-order chi connectivity index (χ1) is 9.68. The first-order valence-corrected chi connectivity index (χ1v) is 8.37. The van der Waals surface area contributed by atoms with Gasteiger partial charge in [0.25, 0.3) is 0 Å². The summed E-state index contributed by atoms with van der Waals surface area (Å²) in [7, 11) is 2.20. The lowest BCUT2D eigenvalue weighted by atomic mass is 9.81. The van der Waals surface area contributed by atoms with Crippen LogP contribution in [0.1, 0.15) is 51.9 Å². The number of rotatable bonds is 7. The molecule has 2 rings (SSSR count). The van der Waals surface area contributed by atoms with Gasteiger partial charge in [0.15, 0.2) is 0 Å². The molecule has 4 heteroatoms. The van der Waals surface area contributed by atoms with Crippen molar-refractivity contribution in [2.45, 2.75) is 57.9 Å². The summed E-state index contributed by atoms with van der Waals surface area (Å²) in [6.07, 6.45) is 8.47. The van der Waals surface area contributed by atoms with E-state index in [4.69, 9.17) is 0 Å². The van der Waals surface area contributed by atoms with Crippen molar-refractivity contribution in [3.05, 3.63) is 0 Å². The zero-order valence-electron chi connectivity index (χ0n) is 13.2. The molecule has 1 atom stereocenters. The fourth-order valence-electron chi connectivity index (χ4n) is 3.80. The van der Waals surface area contributed by atoms with Gasteiger partial charge in [-0.3, -0.25) is 4.79 Å². The smallest absolute Gasteiger partial charge is 0.227 e. The van der Waals surface area contributed by atoms with Crippen LogP contribution < -0.4 is 10.6 Å². The van der Waals surface area contributed by atoms with Crippen LogP contribution in [0.25, 0.3) is 0 Å². The van der Waals surface area contributed by atoms with E-state index in [1.54, 1.807) is 0 Å². The molecule has 1 unspecified atom stereocenters. The van der Waals surface area contributed by atoms with Crippen LogP contribution in [-0.2, 0) is 4.79 Å². The number of carbonyl (C=O) groups is 1. The SMILES string of the molecule is CCCC1(C(=O)NCCN(C)C2CCCC2)CCNC1. The van der Waals surface area contributed by atoms with E-state index in [0.717, 1.165) is 51.5 Å². The zero-order chi connectivity index (χ0) is 14.4. The molecule has 1 saturated heterocycles. The lowest BCUT2D eigenvalue weighted by Gasteiger charge is -2.28. The molecule has 20 heavy (non-hydrogen) atoms. The lowest BCUT2D eigenvalue weighted by molar-refractivity contribution is -0.130. The Morgan fingerprint density at radius 3 is 2.75 bits per heavy atom. The molecule has 0 aromatic carbocycles. The van der Waals surface area contributed by atoms with Gasteiger partial charge in [0.2, 0.25) is 5.91 Å². The van der Waals surface area contributed by atoms with Crippen molar-refractivity contribution in [1.82, 2.24) is 15.5 Å². The maximum absolute atomic E-state index is 12.5. The van der Waals surface area contributed by atoms with Crippen molar-refractivity contribution in [2.75, 3.05) is 33.2 Å². The van der Waals surface area contributed by atoms with Crippen LogP contribution in [0.2, 0.25) is 0 Å². The van der Waals surface area contributed by atoms with E-state index in [2.05, 4.69) is 29.5 Å². The summed E-state index contributed by atoms with van der Waals surface area (Å²) < 4.78 is 0. The number of hydrogen-bond donors (Lipinski definition) is 2. The second-order valence-electron chi connectivity index (χ2n) is 6.63. The molecule has 116 valence electrons. The molecule has 0 aromatic heterocycles. The average molecular weight is 281 g/mol. The van der Waals surface area contributed by atoms with E-state index in [9.17, 15) is 4.79 Å². The molecule has 4 nitrogen and oxygen atoms in total. The molecule has 1 aliphatic carbocycles. The largest absolute Gasteiger partial charge is 0.354 e. The number of hydrogen-bond acceptors (Lipinski definition) is 3. The third-order valence-electron chi connectivity index (χ3n) is 5.15. The first kappa shape index (κ1) is 15.8. The Balaban J connectivity index is 1.73. The molecule has 1 heterocycles. The van der Waals surface area contributed by atoms with Gasteiger partial charge >= 0.3 is 0 Å². The van der Waals surface area contributed by atoms with E-state index in [-0.39, 0.29) is 11.3 Å². The molecular weight excluding hydrogens is 250 g/mol. The standard InChI is InChI=1S/C16H31N3O/c1-3-8-16(9-10-17-13-16)15(20)18-11-12-19(2)14-6-4-5-7-14/h14,17H,3-13H2,1-2H3,(H,18,20). The summed E-state index contributed by atoms with van der Waals surface area (Å²) in [5.74, 6) is 0.268. The molecule has 1 amide bonds. The van der Waals surface area contributed by atoms with Gasteiger partial charge in [-0.1, -0.05) is 26.2 Å². The highest BCUT2D eigenvalue weighted by atomic mass is 16.2. The third-order valence-corrected chi connectivity index (χ3v) is 5.15. The molecule has 2 N–H and O–H groups in total. The van der Waals surface area contributed by atoms with E-state index in [1.165, 1.54) is 25.7 Å². The van der Waals surface area contributed by atoms with Crippen LogP contribution in [0.15, 0.2) is 0 Å². The minimum Gasteiger partial charge on any atom is -0.354 e. The summed E-state index contributed by atoms with van der Waals surface area (Å²) in [5, 5.41) is 6.54. The number of amides is 1. The Labute approximate surface area is 123 Å². The molecule has 2 fully saturated rings. The van der Waals surface area contributed by atoms with Crippen molar-refractivity contribution < 1.29 is 4.79 Å². The molecular formula is C16H31N3O. The quantitative estimate of drug-likeness (QED) is 0.747. The number of likely N-dealkylation sites (N-methyl/N-ethyl adjacent to an activating group) is 1. The van der Waals surface area contributed by atoms with Crippen LogP contribution in [0.5, 0.6) is 0 Å². The number of nitrogens with one attached hydrogen (secondary N) is 2. The Morgan fingerprint density at radius 1 is 1.40 bits per heavy atom. The van der Waals surface area contributed by atoms with Gasteiger partial charge < -0.3 is 15.5 Å². The van der Waals surface area contributed by atoms with E-state index < -0.39 is 0 Å². The van der Waals surface area contributed by atoms with Gasteiger partial charge in [0.05, 0.1) is 5.41 Å². The topological polar surface area (TPSA) is 44.4 Å². The second-order valence-corrected chi connectivity index (χ2v) is 6.63. The fourth-order valence-corrected chi connectivity index (χ4v) is 3.80. The molecule has 0 aromatic rings. The normalized spacial score (nSPS) is 27.4. The predicted molar refractivity (Wildman–Crippen MR) is 82.7 cm³/mol. The van der Waals surface area contributed by atoms with Crippen LogP contribution in [0, 0.1) is 5.41 Å². The van der Waals surface area contributed by atoms with E-state index in [0.29, 0.717) is 0 Å². The van der Waals surface area contributed by atoms with E-state index in [1.807, 2.05) is 0 Å². The Hall–Kier alpha value is -0.610. The summed E-state index contributed by atoms with van der Waals surface area (Å²) in [4.78, 5) is 14.9. The van der Waals surface area contributed by atoms with Crippen LogP contribution in [-0.4, -0.2) is 50.1 Å². The number of nitrogens with zero attached hydrogens (tertiary/aromatic N) is 1. The molecule has 1 aliphatic heterocycles. The van der Waals surface area contributed by atoms with E-state index >= 15 is 0 Å². The van der Waals surface area contributed by atoms with Crippen molar-refractivity contribution in [3.8, 4) is 0 Å². The lowest BCUT2D eigenvalue weighted by Crippen LogP contribution is -2.45. The third kappa shape index (κ3) is 3.73. The Kier molecular flexibility index (Phi) is 5.85. The van der Waals surface area contributed by atoms with Crippen molar-refractivity contribution in [2.24, 2.45) is 5.41 Å². The van der Waals surface area contributed by atoms with Crippen molar-refractivity contribution in [3.63, 3.8) is 0 Å². The van der Waals surface area contributed by atoms with Crippen LogP contribution in [0.3, 0.4) is 0 Å². The molecule has 1 saturated carbocycles. The molecule has 0 radical (unpaired) electrons. The Bertz CT molecular complexity index is 307. The van der Waals surface area contributed by atoms with Gasteiger partial charge in [-0.15, -0.1) is 0 Å². The highest BCUT2D eigenvalue weighted by Crippen LogP contribution is 2.31. The molecule has 2 aliphatic rings. The number of carbonyl (C=O) groups excluding carboxylic acids is 1. The summed E-state index contributed by atoms with van der Waals surface area (Å²) in [6.45, 7) is 5.77. The summed E-state index contributed by atoms with van der Waals surface area (Å²) >= 11 is 0.